The SMILES string of the molecule is CC(C(=O)O)c1cccc(C(O)C(C)(C)C)c1. The van der Waals surface area contributed by atoms with E-state index in [1.165, 1.54) is 0 Å². The van der Waals surface area contributed by atoms with Crippen molar-refractivity contribution in [3.05, 3.63) is 35.4 Å². The summed E-state index contributed by atoms with van der Waals surface area (Å²) in [6, 6.07) is 7.17. The van der Waals surface area contributed by atoms with Gasteiger partial charge < -0.3 is 10.2 Å². The van der Waals surface area contributed by atoms with Crippen molar-refractivity contribution in [2.24, 2.45) is 5.41 Å². The Bertz CT molecular complexity index is 404. The van der Waals surface area contributed by atoms with Gasteiger partial charge in [0.2, 0.25) is 0 Å². The summed E-state index contributed by atoms with van der Waals surface area (Å²) in [5, 5.41) is 19.1. The molecule has 3 heteroatoms. The summed E-state index contributed by atoms with van der Waals surface area (Å²) in [5.41, 5.74) is 1.23. The fourth-order valence-corrected chi connectivity index (χ4v) is 1.64. The number of carbonyl (C=O) groups is 1. The van der Waals surface area contributed by atoms with Crippen molar-refractivity contribution < 1.29 is 15.0 Å². The van der Waals surface area contributed by atoms with Crippen molar-refractivity contribution in [1.29, 1.82) is 0 Å². The Labute approximate surface area is 102 Å². The topological polar surface area (TPSA) is 57.5 Å². The number of aliphatic hydroxyl groups excluding tert-OH is 1. The number of aliphatic hydroxyl groups is 1. The molecule has 0 aliphatic carbocycles. The molecule has 0 saturated carbocycles. The van der Waals surface area contributed by atoms with Gasteiger partial charge in [0.25, 0.3) is 0 Å². The van der Waals surface area contributed by atoms with E-state index in [1.807, 2.05) is 26.8 Å². The molecule has 0 aliphatic rings. The van der Waals surface area contributed by atoms with Crippen LogP contribution < -0.4 is 0 Å². The van der Waals surface area contributed by atoms with Gasteiger partial charge >= 0.3 is 5.97 Å². The zero-order valence-corrected chi connectivity index (χ0v) is 10.8. The van der Waals surface area contributed by atoms with Crippen LogP contribution in [0.25, 0.3) is 0 Å². The van der Waals surface area contributed by atoms with Crippen LogP contribution in [-0.2, 0) is 4.79 Å². The molecule has 2 unspecified atom stereocenters. The van der Waals surface area contributed by atoms with Crippen molar-refractivity contribution in [2.45, 2.75) is 39.7 Å². The Morgan fingerprint density at radius 3 is 2.24 bits per heavy atom. The zero-order chi connectivity index (χ0) is 13.2. The van der Waals surface area contributed by atoms with Crippen LogP contribution in [0.2, 0.25) is 0 Å². The van der Waals surface area contributed by atoms with E-state index in [4.69, 9.17) is 5.11 Å². The number of hydrogen-bond acceptors (Lipinski definition) is 2. The van der Waals surface area contributed by atoms with Crippen LogP contribution in [0.5, 0.6) is 0 Å². The molecule has 2 N–H and O–H groups in total. The molecular formula is C14H20O3. The van der Waals surface area contributed by atoms with Crippen molar-refractivity contribution >= 4 is 5.97 Å². The molecule has 1 aromatic carbocycles. The fraction of sp³-hybridized carbons (Fsp3) is 0.500. The third-order valence-electron chi connectivity index (χ3n) is 2.92. The molecule has 17 heavy (non-hydrogen) atoms. The van der Waals surface area contributed by atoms with Gasteiger partial charge in [-0.2, -0.15) is 0 Å². The molecule has 0 radical (unpaired) electrons. The molecule has 0 heterocycles. The molecule has 0 bridgehead atoms. The second-order valence-corrected chi connectivity index (χ2v) is 5.50. The predicted octanol–water partition coefficient (Wildman–Crippen LogP) is 2.95. The molecule has 1 rings (SSSR count). The van der Waals surface area contributed by atoms with Crippen molar-refractivity contribution in [2.75, 3.05) is 0 Å². The second-order valence-electron chi connectivity index (χ2n) is 5.50. The highest BCUT2D eigenvalue weighted by atomic mass is 16.4. The molecule has 0 aliphatic heterocycles. The van der Waals surface area contributed by atoms with Crippen LogP contribution >= 0.6 is 0 Å². The molecule has 0 spiro atoms. The molecule has 2 atom stereocenters. The molecular weight excluding hydrogens is 216 g/mol. The highest BCUT2D eigenvalue weighted by molar-refractivity contribution is 5.75. The van der Waals surface area contributed by atoms with E-state index in [0.717, 1.165) is 11.1 Å². The molecule has 3 nitrogen and oxygen atoms in total. The van der Waals surface area contributed by atoms with Crippen LogP contribution in [0, 0.1) is 5.41 Å². The molecule has 0 fully saturated rings. The maximum absolute atomic E-state index is 10.9. The number of benzene rings is 1. The highest BCUT2D eigenvalue weighted by Gasteiger charge is 2.24. The molecule has 1 aromatic rings. The summed E-state index contributed by atoms with van der Waals surface area (Å²) >= 11 is 0. The van der Waals surface area contributed by atoms with E-state index in [9.17, 15) is 9.90 Å². The van der Waals surface area contributed by atoms with Gasteiger partial charge in [-0.1, -0.05) is 45.0 Å². The lowest BCUT2D eigenvalue weighted by Crippen LogP contribution is -2.18. The van der Waals surface area contributed by atoms with Gasteiger partial charge in [0.15, 0.2) is 0 Å². The van der Waals surface area contributed by atoms with Gasteiger partial charge in [-0.15, -0.1) is 0 Å². The Kier molecular flexibility index (Phi) is 3.94. The third kappa shape index (κ3) is 3.30. The fourth-order valence-electron chi connectivity index (χ4n) is 1.64. The number of carboxylic acid groups (broad SMARTS) is 1. The lowest BCUT2D eigenvalue weighted by molar-refractivity contribution is -0.138. The minimum atomic E-state index is -0.854. The number of hydrogen-bond donors (Lipinski definition) is 2. The minimum Gasteiger partial charge on any atom is -0.481 e. The van der Waals surface area contributed by atoms with Crippen LogP contribution in [0.15, 0.2) is 24.3 Å². The van der Waals surface area contributed by atoms with Gasteiger partial charge in [-0.05, 0) is 23.5 Å². The molecule has 94 valence electrons. The van der Waals surface area contributed by atoms with Gasteiger partial charge in [-0.3, -0.25) is 4.79 Å². The Morgan fingerprint density at radius 1 is 1.24 bits per heavy atom. The van der Waals surface area contributed by atoms with Crippen LogP contribution in [0.1, 0.15) is 50.8 Å². The first-order valence-corrected chi connectivity index (χ1v) is 5.74. The first kappa shape index (κ1) is 13.7. The van der Waals surface area contributed by atoms with Crippen LogP contribution in [-0.4, -0.2) is 16.2 Å². The van der Waals surface area contributed by atoms with E-state index < -0.39 is 18.0 Å². The number of aliphatic carboxylic acids is 1. The van der Waals surface area contributed by atoms with Gasteiger partial charge in [0, 0.05) is 0 Å². The molecule has 0 amide bonds. The summed E-state index contributed by atoms with van der Waals surface area (Å²) in [5.74, 6) is -1.41. The van der Waals surface area contributed by atoms with Crippen molar-refractivity contribution in [3.8, 4) is 0 Å². The largest absolute Gasteiger partial charge is 0.481 e. The summed E-state index contributed by atoms with van der Waals surface area (Å²) < 4.78 is 0. The Hall–Kier alpha value is -1.35. The average Bonchev–Trinajstić information content (AvgIpc) is 2.25. The summed E-state index contributed by atoms with van der Waals surface area (Å²) in [6.07, 6.45) is -0.594. The van der Waals surface area contributed by atoms with Crippen LogP contribution in [0.4, 0.5) is 0 Å². The maximum Gasteiger partial charge on any atom is 0.310 e. The molecule has 0 aromatic heterocycles. The smallest absolute Gasteiger partial charge is 0.310 e. The Morgan fingerprint density at radius 2 is 1.76 bits per heavy atom. The summed E-state index contributed by atoms with van der Waals surface area (Å²) in [7, 11) is 0. The van der Waals surface area contributed by atoms with Gasteiger partial charge in [-0.25, -0.2) is 0 Å². The van der Waals surface area contributed by atoms with E-state index in [0.29, 0.717) is 0 Å². The van der Waals surface area contributed by atoms with Crippen LogP contribution in [0.3, 0.4) is 0 Å². The summed E-state index contributed by atoms with van der Waals surface area (Å²) in [6.45, 7) is 7.49. The van der Waals surface area contributed by atoms with E-state index in [1.54, 1.807) is 25.1 Å². The average molecular weight is 236 g/mol. The third-order valence-corrected chi connectivity index (χ3v) is 2.92. The standard InChI is InChI=1S/C14H20O3/c1-9(13(16)17)10-6-5-7-11(8-10)12(15)14(2,3)4/h5-9,12,15H,1-4H3,(H,16,17). The van der Waals surface area contributed by atoms with E-state index in [-0.39, 0.29) is 5.41 Å². The van der Waals surface area contributed by atoms with Gasteiger partial charge in [0.1, 0.15) is 0 Å². The lowest BCUT2D eigenvalue weighted by Gasteiger charge is -2.26. The monoisotopic (exact) mass is 236 g/mol. The zero-order valence-electron chi connectivity index (χ0n) is 10.8. The van der Waals surface area contributed by atoms with Crippen molar-refractivity contribution in [3.63, 3.8) is 0 Å². The van der Waals surface area contributed by atoms with E-state index >= 15 is 0 Å². The highest BCUT2D eigenvalue weighted by Crippen LogP contribution is 2.33. The Balaban J connectivity index is 3.05. The maximum atomic E-state index is 10.9. The summed E-state index contributed by atoms with van der Waals surface area (Å²) in [4.78, 5) is 10.9. The lowest BCUT2D eigenvalue weighted by atomic mass is 9.83. The number of carboxylic acids is 1. The quantitative estimate of drug-likeness (QED) is 0.848. The minimum absolute atomic E-state index is 0.259. The normalized spacial score (nSPS) is 15.4. The van der Waals surface area contributed by atoms with E-state index in [2.05, 4.69) is 0 Å². The number of rotatable bonds is 3. The van der Waals surface area contributed by atoms with Gasteiger partial charge in [0.05, 0.1) is 12.0 Å². The second kappa shape index (κ2) is 4.88. The van der Waals surface area contributed by atoms with Crippen molar-refractivity contribution in [1.82, 2.24) is 0 Å². The predicted molar refractivity (Wildman–Crippen MR) is 66.9 cm³/mol. The molecule has 0 saturated heterocycles. The first-order valence-electron chi connectivity index (χ1n) is 5.74. The first-order chi connectivity index (χ1) is 7.73.